The van der Waals surface area contributed by atoms with Crippen LogP contribution in [0.4, 0.5) is 0 Å². The third kappa shape index (κ3) is 6.25. The first-order valence-electron chi connectivity index (χ1n) is 7.29. The van der Waals surface area contributed by atoms with E-state index in [-0.39, 0.29) is 12.5 Å². The molecule has 1 rings (SSSR count). The Kier molecular flexibility index (Phi) is 7.97. The van der Waals surface area contributed by atoms with E-state index in [1.165, 1.54) is 5.56 Å². The van der Waals surface area contributed by atoms with Crippen LogP contribution in [0.15, 0.2) is 24.3 Å². The van der Waals surface area contributed by atoms with Gasteiger partial charge in [-0.05, 0) is 24.0 Å². The molecule has 0 radical (unpaired) electrons. The quantitative estimate of drug-likeness (QED) is 0.573. The van der Waals surface area contributed by atoms with Crippen molar-refractivity contribution in [2.45, 2.75) is 38.3 Å². The van der Waals surface area contributed by atoms with Crippen LogP contribution in [0.3, 0.4) is 0 Å². The van der Waals surface area contributed by atoms with Crippen molar-refractivity contribution in [1.82, 2.24) is 5.32 Å². The molecular weight excluding hydrogens is 270 g/mol. The van der Waals surface area contributed by atoms with Crippen molar-refractivity contribution >= 4 is 5.97 Å². The molecule has 0 spiro atoms. The van der Waals surface area contributed by atoms with Crippen molar-refractivity contribution in [2.24, 2.45) is 0 Å². The molecule has 0 saturated carbocycles. The zero-order chi connectivity index (χ0) is 15.7. The number of aliphatic hydroxyl groups is 1. The number of nitrogens with one attached hydrogen (secondary N) is 1. The maximum Gasteiger partial charge on any atom is 0.303 e. The van der Waals surface area contributed by atoms with Crippen molar-refractivity contribution in [1.29, 1.82) is 0 Å². The third-order valence-corrected chi connectivity index (χ3v) is 3.49. The summed E-state index contributed by atoms with van der Waals surface area (Å²) in [6.07, 6.45) is 0.613. The number of rotatable bonds is 10. The summed E-state index contributed by atoms with van der Waals surface area (Å²) in [7, 11) is 1.60. The Morgan fingerprint density at radius 2 is 2.00 bits per heavy atom. The molecule has 1 aromatic rings. The number of aliphatic hydroxyl groups excluding tert-OH is 1. The molecule has 2 unspecified atom stereocenters. The lowest BCUT2D eigenvalue weighted by Crippen LogP contribution is -2.37. The molecule has 2 atom stereocenters. The van der Waals surface area contributed by atoms with Crippen LogP contribution in [-0.2, 0) is 16.0 Å². The zero-order valence-corrected chi connectivity index (χ0v) is 12.7. The van der Waals surface area contributed by atoms with Gasteiger partial charge in [0, 0.05) is 26.1 Å². The highest BCUT2D eigenvalue weighted by Gasteiger charge is 2.21. The number of methoxy groups -OCH3 is 1. The van der Waals surface area contributed by atoms with Gasteiger partial charge in [0.05, 0.1) is 12.7 Å². The normalized spacial score (nSPS) is 13.9. The number of aliphatic carboxylic acids is 1. The second kappa shape index (κ2) is 9.50. The fraction of sp³-hybridized carbons (Fsp3) is 0.562. The van der Waals surface area contributed by atoms with Crippen LogP contribution < -0.4 is 5.32 Å². The predicted octanol–water partition coefficient (Wildman–Crippen LogP) is 1.75. The molecule has 118 valence electrons. The topological polar surface area (TPSA) is 78.8 Å². The van der Waals surface area contributed by atoms with Gasteiger partial charge in [0.25, 0.3) is 0 Å². The molecule has 0 aromatic heterocycles. The highest BCUT2D eigenvalue weighted by Crippen LogP contribution is 2.20. The number of ether oxygens (including phenoxy) is 1. The Balaban J connectivity index is 2.70. The Hall–Kier alpha value is -1.43. The first kappa shape index (κ1) is 17.6. The molecular formula is C16H25NO4. The second-order valence-corrected chi connectivity index (χ2v) is 5.03. The van der Waals surface area contributed by atoms with Gasteiger partial charge in [0.15, 0.2) is 0 Å². The Morgan fingerprint density at radius 3 is 2.52 bits per heavy atom. The third-order valence-electron chi connectivity index (χ3n) is 3.49. The number of aryl methyl sites for hydroxylation is 1. The summed E-state index contributed by atoms with van der Waals surface area (Å²) in [6.45, 7) is 3.17. The zero-order valence-electron chi connectivity index (χ0n) is 12.7. The van der Waals surface area contributed by atoms with Gasteiger partial charge in [-0.1, -0.05) is 31.2 Å². The molecule has 3 N–H and O–H groups in total. The molecule has 0 aliphatic carbocycles. The largest absolute Gasteiger partial charge is 0.481 e. The molecule has 0 fully saturated rings. The summed E-state index contributed by atoms with van der Waals surface area (Å²) >= 11 is 0. The fourth-order valence-electron chi connectivity index (χ4n) is 2.18. The SMILES string of the molecule is CCc1ccc(C(O)C(CCC(=O)O)NCCOC)cc1. The smallest absolute Gasteiger partial charge is 0.303 e. The number of hydrogen-bond acceptors (Lipinski definition) is 4. The summed E-state index contributed by atoms with van der Waals surface area (Å²) in [4.78, 5) is 10.7. The summed E-state index contributed by atoms with van der Waals surface area (Å²) in [6, 6.07) is 7.47. The number of carboxylic acid groups (broad SMARTS) is 1. The predicted molar refractivity (Wildman–Crippen MR) is 81.3 cm³/mol. The maximum absolute atomic E-state index is 10.7. The maximum atomic E-state index is 10.7. The van der Waals surface area contributed by atoms with E-state index in [1.807, 2.05) is 24.3 Å². The van der Waals surface area contributed by atoms with Crippen LogP contribution in [0.5, 0.6) is 0 Å². The minimum atomic E-state index is -0.859. The van der Waals surface area contributed by atoms with Gasteiger partial charge in [-0.3, -0.25) is 4.79 Å². The second-order valence-electron chi connectivity index (χ2n) is 5.03. The van der Waals surface area contributed by atoms with Crippen molar-refractivity contribution in [3.8, 4) is 0 Å². The van der Waals surface area contributed by atoms with Gasteiger partial charge in [0.1, 0.15) is 0 Å². The number of carboxylic acids is 1. The standard InChI is InChI=1S/C16H25NO4/c1-3-12-4-6-13(7-5-12)16(20)14(8-9-15(18)19)17-10-11-21-2/h4-7,14,16-17,20H,3,8-11H2,1-2H3,(H,18,19). The molecule has 0 aliphatic heterocycles. The summed E-state index contributed by atoms with van der Waals surface area (Å²) < 4.78 is 4.97. The van der Waals surface area contributed by atoms with E-state index in [9.17, 15) is 9.90 Å². The van der Waals surface area contributed by atoms with Gasteiger partial charge in [-0.15, -0.1) is 0 Å². The van der Waals surface area contributed by atoms with Gasteiger partial charge in [-0.25, -0.2) is 0 Å². The van der Waals surface area contributed by atoms with Crippen LogP contribution in [-0.4, -0.2) is 42.5 Å². The Labute approximate surface area is 125 Å². The van der Waals surface area contributed by atoms with Gasteiger partial charge < -0.3 is 20.3 Å². The number of benzene rings is 1. The van der Waals surface area contributed by atoms with Crippen molar-refractivity contribution in [3.05, 3.63) is 35.4 Å². The van der Waals surface area contributed by atoms with Gasteiger partial charge >= 0.3 is 5.97 Å². The van der Waals surface area contributed by atoms with E-state index in [0.29, 0.717) is 19.6 Å². The average Bonchev–Trinajstić information content (AvgIpc) is 2.50. The molecule has 21 heavy (non-hydrogen) atoms. The lowest BCUT2D eigenvalue weighted by molar-refractivity contribution is -0.137. The summed E-state index contributed by atoms with van der Waals surface area (Å²) in [5, 5.41) is 22.4. The van der Waals surface area contributed by atoms with E-state index in [0.717, 1.165) is 12.0 Å². The highest BCUT2D eigenvalue weighted by atomic mass is 16.5. The molecule has 5 heteroatoms. The first-order valence-corrected chi connectivity index (χ1v) is 7.29. The molecule has 5 nitrogen and oxygen atoms in total. The highest BCUT2D eigenvalue weighted by molar-refractivity contribution is 5.66. The fourth-order valence-corrected chi connectivity index (χ4v) is 2.18. The van der Waals surface area contributed by atoms with Crippen molar-refractivity contribution in [2.75, 3.05) is 20.3 Å². The molecule has 1 aromatic carbocycles. The van der Waals surface area contributed by atoms with Gasteiger partial charge in [0.2, 0.25) is 0 Å². The molecule has 0 heterocycles. The van der Waals surface area contributed by atoms with E-state index in [1.54, 1.807) is 7.11 Å². The average molecular weight is 295 g/mol. The van der Waals surface area contributed by atoms with E-state index >= 15 is 0 Å². The minimum Gasteiger partial charge on any atom is -0.481 e. The first-order chi connectivity index (χ1) is 10.1. The Bertz CT molecular complexity index is 419. The molecule has 0 aliphatic rings. The van der Waals surface area contributed by atoms with Crippen LogP contribution in [0.25, 0.3) is 0 Å². The molecule has 0 saturated heterocycles. The number of hydrogen-bond donors (Lipinski definition) is 3. The lowest BCUT2D eigenvalue weighted by atomic mass is 9.97. The van der Waals surface area contributed by atoms with E-state index in [2.05, 4.69) is 12.2 Å². The summed E-state index contributed by atoms with van der Waals surface area (Å²) in [5.74, 6) is -0.859. The van der Waals surface area contributed by atoms with Crippen molar-refractivity contribution < 1.29 is 19.7 Å². The lowest BCUT2D eigenvalue weighted by Gasteiger charge is -2.24. The number of carbonyl (C=O) groups is 1. The minimum absolute atomic E-state index is 0.0226. The van der Waals surface area contributed by atoms with Gasteiger partial charge in [-0.2, -0.15) is 0 Å². The van der Waals surface area contributed by atoms with Crippen LogP contribution in [0.1, 0.15) is 37.0 Å². The summed E-state index contributed by atoms with van der Waals surface area (Å²) in [5.41, 5.74) is 2.01. The monoisotopic (exact) mass is 295 g/mol. The van der Waals surface area contributed by atoms with E-state index < -0.39 is 12.1 Å². The van der Waals surface area contributed by atoms with Crippen molar-refractivity contribution in [3.63, 3.8) is 0 Å². The molecule has 0 amide bonds. The van der Waals surface area contributed by atoms with Crippen LogP contribution >= 0.6 is 0 Å². The molecule has 0 bridgehead atoms. The Morgan fingerprint density at radius 1 is 1.33 bits per heavy atom. The van der Waals surface area contributed by atoms with E-state index in [4.69, 9.17) is 9.84 Å². The van der Waals surface area contributed by atoms with Crippen LogP contribution in [0, 0.1) is 0 Å². The van der Waals surface area contributed by atoms with Crippen LogP contribution in [0.2, 0.25) is 0 Å².